The lowest BCUT2D eigenvalue weighted by Crippen LogP contribution is -2.37. The van der Waals surface area contributed by atoms with Crippen molar-refractivity contribution in [2.75, 3.05) is 24.5 Å². The van der Waals surface area contributed by atoms with E-state index < -0.39 is 0 Å². The quantitative estimate of drug-likeness (QED) is 0.456. The average molecular weight is 393 g/mol. The maximum absolute atomic E-state index is 10.0. The van der Waals surface area contributed by atoms with Crippen LogP contribution in [0.5, 0.6) is 5.75 Å². The number of phenolic OH excluding ortho intramolecular Hbond substituents is 1. The first-order valence-electron chi connectivity index (χ1n) is 9.61. The Kier molecular flexibility index (Phi) is 6.11. The molecule has 0 spiro atoms. The van der Waals surface area contributed by atoms with Crippen molar-refractivity contribution in [2.45, 2.75) is 26.3 Å². The topological polar surface area (TPSA) is 126 Å². The number of phenols is 1. The van der Waals surface area contributed by atoms with Crippen LogP contribution in [0.1, 0.15) is 24.7 Å². The van der Waals surface area contributed by atoms with Gasteiger partial charge in [-0.2, -0.15) is 0 Å². The Hall–Kier alpha value is -3.42. The fourth-order valence-corrected chi connectivity index (χ4v) is 3.50. The van der Waals surface area contributed by atoms with Crippen molar-refractivity contribution in [3.05, 3.63) is 59.7 Å². The summed E-state index contributed by atoms with van der Waals surface area (Å²) in [7, 11) is 0. The van der Waals surface area contributed by atoms with Gasteiger partial charge in [0.05, 0.1) is 11.4 Å². The lowest BCUT2D eigenvalue weighted by Gasteiger charge is -2.28. The van der Waals surface area contributed by atoms with Crippen LogP contribution in [0, 0.1) is 17.7 Å². The largest absolute Gasteiger partial charge is 0.507 e. The normalized spacial score (nSPS) is 17.7. The predicted molar refractivity (Wildman–Crippen MR) is 115 cm³/mol. The monoisotopic (exact) mass is 393 g/mol. The summed E-state index contributed by atoms with van der Waals surface area (Å²) in [5.74, 6) is 1.56. The minimum Gasteiger partial charge on any atom is -0.507 e. The average Bonchev–Trinajstić information content (AvgIpc) is 2.87. The molecule has 5 N–H and O–H groups in total. The molecular weight excluding hydrogens is 366 g/mol. The number of aromatic nitrogens is 2. The molecule has 2 aromatic rings. The molecule has 0 radical (unpaired) electrons. The van der Waals surface area contributed by atoms with Crippen LogP contribution in [-0.4, -0.2) is 57.2 Å². The lowest BCUT2D eigenvalue weighted by atomic mass is 10.1. The fourth-order valence-electron chi connectivity index (χ4n) is 3.50. The SMILES string of the molecule is Cc1nccc(N2CCN(/C(=C/C(=N)c3ccccc3O)C(=N)N)CCC2C)n1. The molecule has 1 saturated heterocycles. The number of benzene rings is 1. The Labute approximate surface area is 170 Å². The van der Waals surface area contributed by atoms with Crippen LogP contribution in [0.2, 0.25) is 0 Å². The van der Waals surface area contributed by atoms with E-state index in [0.717, 1.165) is 18.1 Å². The van der Waals surface area contributed by atoms with Crippen LogP contribution in [0.4, 0.5) is 5.82 Å². The van der Waals surface area contributed by atoms with E-state index in [1.54, 1.807) is 36.5 Å². The maximum atomic E-state index is 10.0. The van der Waals surface area contributed by atoms with E-state index in [9.17, 15) is 5.11 Å². The second-order valence-corrected chi connectivity index (χ2v) is 7.15. The van der Waals surface area contributed by atoms with Gasteiger partial charge in [-0.25, -0.2) is 9.97 Å². The number of hydrogen-bond donors (Lipinski definition) is 4. The van der Waals surface area contributed by atoms with Crippen molar-refractivity contribution < 1.29 is 5.11 Å². The number of rotatable bonds is 5. The number of aromatic hydroxyl groups is 1. The van der Waals surface area contributed by atoms with Crippen LogP contribution >= 0.6 is 0 Å². The van der Waals surface area contributed by atoms with Gasteiger partial charge in [-0.1, -0.05) is 12.1 Å². The van der Waals surface area contributed by atoms with Gasteiger partial charge in [0.1, 0.15) is 23.2 Å². The van der Waals surface area contributed by atoms with Gasteiger partial charge in [0.25, 0.3) is 0 Å². The van der Waals surface area contributed by atoms with Gasteiger partial charge in [0, 0.05) is 37.4 Å². The molecule has 1 unspecified atom stereocenters. The zero-order valence-electron chi connectivity index (χ0n) is 16.8. The summed E-state index contributed by atoms with van der Waals surface area (Å²) in [6.07, 6.45) is 4.19. The molecule has 0 bridgehead atoms. The number of allylic oxidation sites excluding steroid dienone is 1. The number of nitrogens with one attached hydrogen (secondary N) is 2. The van der Waals surface area contributed by atoms with Crippen LogP contribution in [-0.2, 0) is 0 Å². The molecule has 1 aromatic heterocycles. The Morgan fingerprint density at radius 2 is 1.97 bits per heavy atom. The molecule has 8 nitrogen and oxygen atoms in total. The molecule has 29 heavy (non-hydrogen) atoms. The zero-order chi connectivity index (χ0) is 21.0. The van der Waals surface area contributed by atoms with Crippen LogP contribution < -0.4 is 10.6 Å². The van der Waals surface area contributed by atoms with Crippen LogP contribution in [0.15, 0.2) is 48.3 Å². The van der Waals surface area contributed by atoms with E-state index in [2.05, 4.69) is 21.8 Å². The maximum Gasteiger partial charge on any atom is 0.139 e. The molecule has 1 aliphatic rings. The Balaban J connectivity index is 1.83. The third-order valence-corrected chi connectivity index (χ3v) is 5.11. The summed E-state index contributed by atoms with van der Waals surface area (Å²) in [6, 6.07) is 8.87. The molecule has 152 valence electrons. The molecule has 1 fully saturated rings. The number of nitrogens with two attached hydrogens (primary N) is 1. The minimum atomic E-state index is -0.0934. The summed E-state index contributed by atoms with van der Waals surface area (Å²) in [5.41, 5.74) is 6.88. The number of nitrogens with zero attached hydrogens (tertiary/aromatic N) is 4. The molecule has 2 heterocycles. The number of hydrogen-bond acceptors (Lipinski definition) is 7. The van der Waals surface area contributed by atoms with Gasteiger partial charge in [-0.3, -0.25) is 5.41 Å². The number of anilines is 1. The molecule has 0 saturated carbocycles. The van der Waals surface area contributed by atoms with Gasteiger partial charge in [-0.15, -0.1) is 0 Å². The smallest absolute Gasteiger partial charge is 0.139 e. The van der Waals surface area contributed by atoms with E-state index in [1.807, 2.05) is 17.9 Å². The van der Waals surface area contributed by atoms with Crippen LogP contribution in [0.3, 0.4) is 0 Å². The summed E-state index contributed by atoms with van der Waals surface area (Å²) < 4.78 is 0. The van der Waals surface area contributed by atoms with Gasteiger partial charge in [0.15, 0.2) is 0 Å². The van der Waals surface area contributed by atoms with Gasteiger partial charge in [0.2, 0.25) is 0 Å². The van der Waals surface area contributed by atoms with E-state index in [0.29, 0.717) is 30.9 Å². The first-order valence-corrected chi connectivity index (χ1v) is 9.61. The third kappa shape index (κ3) is 4.71. The second-order valence-electron chi connectivity index (χ2n) is 7.15. The Bertz CT molecular complexity index is 940. The summed E-state index contributed by atoms with van der Waals surface area (Å²) in [4.78, 5) is 13.0. The second kappa shape index (κ2) is 8.72. The highest BCUT2D eigenvalue weighted by atomic mass is 16.3. The third-order valence-electron chi connectivity index (χ3n) is 5.11. The van der Waals surface area contributed by atoms with Gasteiger partial charge < -0.3 is 26.0 Å². The molecule has 8 heteroatoms. The predicted octanol–water partition coefficient (Wildman–Crippen LogP) is 2.28. The highest BCUT2D eigenvalue weighted by Crippen LogP contribution is 2.22. The van der Waals surface area contributed by atoms with E-state index in [1.165, 1.54) is 0 Å². The molecule has 0 amide bonds. The van der Waals surface area contributed by atoms with Gasteiger partial charge in [-0.05, 0) is 44.5 Å². The fraction of sp³-hybridized carbons (Fsp3) is 0.333. The van der Waals surface area contributed by atoms with E-state index in [4.69, 9.17) is 16.6 Å². The zero-order valence-corrected chi connectivity index (χ0v) is 16.8. The molecule has 3 rings (SSSR count). The first kappa shape index (κ1) is 20.3. The van der Waals surface area contributed by atoms with Gasteiger partial charge >= 0.3 is 0 Å². The highest BCUT2D eigenvalue weighted by Gasteiger charge is 2.24. The number of para-hydroxylation sites is 1. The standard InChI is InChI=1S/C21H27N7O/c1-14-8-10-27(11-12-28(14)20-7-9-25-15(2)26-20)18(21(23)24)13-17(22)16-5-3-4-6-19(16)29/h3-7,9,13-14,22,29H,8,10-12H2,1-2H3,(H3,23,24)/b18-13+,22-17?. The highest BCUT2D eigenvalue weighted by molar-refractivity contribution is 6.12. The minimum absolute atomic E-state index is 0.0337. The van der Waals surface area contributed by atoms with Crippen molar-refractivity contribution in [2.24, 2.45) is 5.73 Å². The van der Waals surface area contributed by atoms with Crippen molar-refractivity contribution in [1.82, 2.24) is 14.9 Å². The number of aryl methyl sites for hydroxylation is 1. The lowest BCUT2D eigenvalue weighted by molar-refractivity contribution is 0.381. The molecule has 0 aliphatic carbocycles. The summed E-state index contributed by atoms with van der Waals surface area (Å²) >= 11 is 0. The summed E-state index contributed by atoms with van der Waals surface area (Å²) in [6.45, 7) is 6.10. The molecule has 1 aliphatic heterocycles. The van der Waals surface area contributed by atoms with E-state index >= 15 is 0 Å². The van der Waals surface area contributed by atoms with Crippen molar-refractivity contribution in [1.29, 1.82) is 10.8 Å². The van der Waals surface area contributed by atoms with E-state index in [-0.39, 0.29) is 23.3 Å². The Morgan fingerprint density at radius 3 is 2.66 bits per heavy atom. The van der Waals surface area contributed by atoms with Crippen molar-refractivity contribution >= 4 is 17.4 Å². The van der Waals surface area contributed by atoms with Crippen molar-refractivity contribution in [3.63, 3.8) is 0 Å². The molecule has 1 aromatic carbocycles. The summed E-state index contributed by atoms with van der Waals surface area (Å²) in [5, 5.41) is 26.4. The Morgan fingerprint density at radius 1 is 1.21 bits per heavy atom. The first-order chi connectivity index (χ1) is 13.9. The number of amidine groups is 1. The van der Waals surface area contributed by atoms with Crippen LogP contribution in [0.25, 0.3) is 0 Å². The van der Waals surface area contributed by atoms with Crippen molar-refractivity contribution in [3.8, 4) is 5.75 Å². The molecular formula is C21H27N7O. The molecule has 1 atom stereocenters.